The molecule has 2 N–H and O–H groups in total. The van der Waals surface area contributed by atoms with Gasteiger partial charge in [-0.2, -0.15) is 5.26 Å². The molecule has 0 saturated carbocycles. The highest BCUT2D eigenvalue weighted by Gasteiger charge is 2.30. The Hall–Kier alpha value is -3.12. The molecule has 2 amide bonds. The summed E-state index contributed by atoms with van der Waals surface area (Å²) in [6.07, 6.45) is 0.384. The Bertz CT molecular complexity index is 998. The summed E-state index contributed by atoms with van der Waals surface area (Å²) in [6, 6.07) is 9.01. The lowest BCUT2D eigenvalue weighted by Crippen LogP contribution is -2.52. The molecule has 1 fully saturated rings. The fraction of sp³-hybridized carbons (Fsp3) is 0.435. The normalized spacial score (nSPS) is 16.8. The molecule has 0 bridgehead atoms. The average molecular weight is 459 g/mol. The predicted octanol–water partition coefficient (Wildman–Crippen LogP) is 3.59. The molecule has 1 aromatic carbocycles. The van der Waals surface area contributed by atoms with Crippen molar-refractivity contribution < 1.29 is 18.7 Å². The molecule has 32 heavy (non-hydrogen) atoms. The Morgan fingerprint density at radius 2 is 2.16 bits per heavy atom. The maximum atomic E-state index is 13.5. The maximum absolute atomic E-state index is 13.5. The van der Waals surface area contributed by atoms with Crippen LogP contribution < -0.4 is 15.5 Å². The number of halogens is 1. The van der Waals surface area contributed by atoms with E-state index in [1.807, 2.05) is 28.5 Å². The van der Waals surface area contributed by atoms with Gasteiger partial charge in [0, 0.05) is 30.4 Å². The van der Waals surface area contributed by atoms with E-state index < -0.39 is 23.6 Å². The minimum atomic E-state index is -0.780. The first kappa shape index (κ1) is 23.5. The van der Waals surface area contributed by atoms with Crippen molar-refractivity contribution >= 4 is 29.0 Å². The summed E-state index contributed by atoms with van der Waals surface area (Å²) >= 11 is 1.51. The summed E-state index contributed by atoms with van der Waals surface area (Å²) in [5.74, 6) is -0.755. The predicted molar refractivity (Wildman–Crippen MR) is 121 cm³/mol. The van der Waals surface area contributed by atoms with E-state index in [9.17, 15) is 19.2 Å². The second-order valence-corrected chi connectivity index (χ2v) is 9.73. The number of rotatable bonds is 6. The van der Waals surface area contributed by atoms with Crippen molar-refractivity contribution in [3.05, 3.63) is 52.0 Å². The van der Waals surface area contributed by atoms with Crippen molar-refractivity contribution in [3.63, 3.8) is 0 Å². The van der Waals surface area contributed by atoms with E-state index in [1.54, 1.807) is 26.8 Å². The standard InChI is InChI=1S/C23H27FN4O3S/c1-23(2,3)31-22(30)27-19(12-18-5-4-10-32-18)21(29)26-17-8-9-28(14-17)20-7-6-16(24)11-15(20)13-25/h4-7,10-11,17,19H,8-9,12,14H2,1-3H3,(H,26,29)(H,27,30)/t17-,19-/m0/s1. The van der Waals surface area contributed by atoms with E-state index in [2.05, 4.69) is 10.6 Å². The van der Waals surface area contributed by atoms with Crippen molar-refractivity contribution in [2.24, 2.45) is 0 Å². The summed E-state index contributed by atoms with van der Waals surface area (Å²) in [6.45, 7) is 6.40. The highest BCUT2D eigenvalue weighted by molar-refractivity contribution is 7.09. The van der Waals surface area contributed by atoms with Gasteiger partial charge in [-0.15, -0.1) is 11.3 Å². The molecule has 0 spiro atoms. The van der Waals surface area contributed by atoms with Gasteiger partial charge in [0.15, 0.2) is 0 Å². The Labute approximate surface area is 191 Å². The Balaban J connectivity index is 1.65. The molecule has 7 nitrogen and oxygen atoms in total. The van der Waals surface area contributed by atoms with Crippen molar-refractivity contribution in [1.82, 2.24) is 10.6 Å². The number of ether oxygens (including phenoxy) is 1. The maximum Gasteiger partial charge on any atom is 0.408 e. The first-order valence-corrected chi connectivity index (χ1v) is 11.3. The third-order valence-corrected chi connectivity index (χ3v) is 5.85. The van der Waals surface area contributed by atoms with Gasteiger partial charge in [-0.05, 0) is 56.8 Å². The number of hydrogen-bond acceptors (Lipinski definition) is 6. The van der Waals surface area contributed by atoms with Crippen LogP contribution in [-0.4, -0.2) is 42.8 Å². The molecular weight excluding hydrogens is 431 g/mol. The molecule has 0 radical (unpaired) electrons. The van der Waals surface area contributed by atoms with Crippen LogP contribution in [0.4, 0.5) is 14.9 Å². The lowest BCUT2D eigenvalue weighted by Gasteiger charge is -2.24. The molecule has 0 unspecified atom stereocenters. The number of hydrogen-bond donors (Lipinski definition) is 2. The number of carbonyl (C=O) groups excluding carboxylic acids is 2. The molecule has 1 saturated heterocycles. The van der Waals surface area contributed by atoms with Gasteiger partial charge in [0.2, 0.25) is 5.91 Å². The molecule has 9 heteroatoms. The van der Waals surface area contributed by atoms with Crippen molar-refractivity contribution in [2.75, 3.05) is 18.0 Å². The van der Waals surface area contributed by atoms with E-state index in [0.29, 0.717) is 31.6 Å². The van der Waals surface area contributed by atoms with Crippen LogP contribution in [0.15, 0.2) is 35.7 Å². The van der Waals surface area contributed by atoms with Crippen molar-refractivity contribution in [3.8, 4) is 6.07 Å². The third-order valence-electron chi connectivity index (χ3n) is 4.95. The van der Waals surface area contributed by atoms with Gasteiger partial charge in [0.05, 0.1) is 11.3 Å². The first-order chi connectivity index (χ1) is 15.1. The monoisotopic (exact) mass is 458 g/mol. The number of alkyl carbamates (subject to hydrolysis) is 1. The third kappa shape index (κ3) is 6.44. The van der Waals surface area contributed by atoms with E-state index in [0.717, 1.165) is 4.88 Å². The number of anilines is 1. The van der Waals surface area contributed by atoms with Crippen molar-refractivity contribution in [2.45, 2.75) is 51.3 Å². The highest BCUT2D eigenvalue weighted by atomic mass is 32.1. The number of amides is 2. The summed E-state index contributed by atoms with van der Waals surface area (Å²) in [5.41, 5.74) is 0.236. The largest absolute Gasteiger partial charge is 0.444 e. The smallest absolute Gasteiger partial charge is 0.408 e. The first-order valence-electron chi connectivity index (χ1n) is 10.4. The van der Waals surface area contributed by atoms with Crippen LogP contribution in [0.25, 0.3) is 0 Å². The Morgan fingerprint density at radius 1 is 1.38 bits per heavy atom. The van der Waals surface area contributed by atoms with Gasteiger partial charge in [0.1, 0.15) is 23.5 Å². The van der Waals surface area contributed by atoms with Gasteiger partial charge < -0.3 is 20.3 Å². The SMILES string of the molecule is CC(C)(C)OC(=O)N[C@@H](Cc1cccs1)C(=O)N[C@H]1CCN(c2ccc(F)cc2C#N)C1. The lowest BCUT2D eigenvalue weighted by atomic mass is 10.1. The topological polar surface area (TPSA) is 94.5 Å². The average Bonchev–Trinajstić information content (AvgIpc) is 3.38. The molecule has 2 atom stereocenters. The van der Waals surface area contributed by atoms with E-state index in [-0.39, 0.29) is 17.5 Å². The molecule has 1 aliphatic heterocycles. The van der Waals surface area contributed by atoms with Gasteiger partial charge in [0.25, 0.3) is 0 Å². The molecule has 2 heterocycles. The highest BCUT2D eigenvalue weighted by Crippen LogP contribution is 2.25. The van der Waals surface area contributed by atoms with Crippen LogP contribution >= 0.6 is 11.3 Å². The second kappa shape index (κ2) is 10.0. The fourth-order valence-corrected chi connectivity index (χ4v) is 4.31. The van der Waals surface area contributed by atoms with Crippen LogP contribution in [0.3, 0.4) is 0 Å². The quantitative estimate of drug-likeness (QED) is 0.690. The minimum absolute atomic E-state index is 0.162. The van der Waals surface area contributed by atoms with Crippen molar-refractivity contribution in [1.29, 1.82) is 5.26 Å². The number of benzene rings is 1. The van der Waals surface area contributed by atoms with Gasteiger partial charge >= 0.3 is 6.09 Å². The van der Waals surface area contributed by atoms with Gasteiger partial charge in [-0.25, -0.2) is 9.18 Å². The van der Waals surface area contributed by atoms with E-state index >= 15 is 0 Å². The van der Waals surface area contributed by atoms with Crippen LogP contribution in [-0.2, 0) is 16.0 Å². The molecule has 3 rings (SSSR count). The number of nitrogens with zero attached hydrogens (tertiary/aromatic N) is 2. The van der Waals surface area contributed by atoms with Crippen LogP contribution in [0.5, 0.6) is 0 Å². The molecular formula is C23H27FN4O3S. The van der Waals surface area contributed by atoms with Crippen LogP contribution in [0, 0.1) is 17.1 Å². The molecule has 1 aromatic heterocycles. The fourth-order valence-electron chi connectivity index (χ4n) is 3.56. The van der Waals surface area contributed by atoms with Crippen LogP contribution in [0.1, 0.15) is 37.6 Å². The van der Waals surface area contributed by atoms with E-state index in [1.165, 1.54) is 23.5 Å². The second-order valence-electron chi connectivity index (χ2n) is 8.70. The molecule has 2 aromatic rings. The van der Waals surface area contributed by atoms with Gasteiger partial charge in [-0.3, -0.25) is 4.79 Å². The minimum Gasteiger partial charge on any atom is -0.444 e. The summed E-state index contributed by atoms with van der Waals surface area (Å²) in [4.78, 5) is 28.3. The van der Waals surface area contributed by atoms with Crippen LogP contribution in [0.2, 0.25) is 0 Å². The van der Waals surface area contributed by atoms with Gasteiger partial charge in [-0.1, -0.05) is 6.07 Å². The van der Waals surface area contributed by atoms with E-state index in [4.69, 9.17) is 4.74 Å². The number of carbonyl (C=O) groups is 2. The Kier molecular flexibility index (Phi) is 7.36. The number of nitriles is 1. The molecule has 170 valence electrons. The zero-order valence-corrected chi connectivity index (χ0v) is 19.2. The molecule has 0 aliphatic carbocycles. The zero-order chi connectivity index (χ0) is 23.3. The summed E-state index contributed by atoms with van der Waals surface area (Å²) < 4.78 is 18.8. The Morgan fingerprint density at radius 3 is 2.81 bits per heavy atom. The number of nitrogens with one attached hydrogen (secondary N) is 2. The zero-order valence-electron chi connectivity index (χ0n) is 18.4. The summed E-state index contributed by atoms with van der Waals surface area (Å²) in [5, 5.41) is 16.9. The lowest BCUT2D eigenvalue weighted by molar-refractivity contribution is -0.123. The summed E-state index contributed by atoms with van der Waals surface area (Å²) in [7, 11) is 0. The number of thiophene rings is 1. The molecule has 1 aliphatic rings.